The van der Waals surface area contributed by atoms with Crippen molar-refractivity contribution < 1.29 is 0 Å². The van der Waals surface area contributed by atoms with E-state index in [0.717, 1.165) is 16.9 Å². The fraction of sp³-hybridized carbons (Fsp3) is 0.214. The van der Waals surface area contributed by atoms with Gasteiger partial charge in [-0.1, -0.05) is 30.4 Å². The quantitative estimate of drug-likeness (QED) is 0.870. The first-order valence-electron chi connectivity index (χ1n) is 5.94. The summed E-state index contributed by atoms with van der Waals surface area (Å²) in [6, 6.07) is 9.86. The van der Waals surface area contributed by atoms with Gasteiger partial charge < -0.3 is 10.6 Å². The van der Waals surface area contributed by atoms with E-state index in [1.54, 1.807) is 6.07 Å². The highest BCUT2D eigenvalue weighted by Crippen LogP contribution is 2.24. The van der Waals surface area contributed by atoms with Crippen LogP contribution in [0.3, 0.4) is 0 Å². The monoisotopic (exact) mass is 272 g/mol. The molecule has 5 heteroatoms. The molecule has 0 amide bonds. The van der Waals surface area contributed by atoms with Crippen LogP contribution in [-0.4, -0.2) is 22.0 Å². The topological polar surface area (TPSA) is 55.0 Å². The molecule has 19 heavy (non-hydrogen) atoms. The van der Waals surface area contributed by atoms with Crippen LogP contribution in [0.15, 0.2) is 30.3 Å². The molecule has 0 unspecified atom stereocenters. The fourth-order valence-electron chi connectivity index (χ4n) is 1.88. The summed E-state index contributed by atoms with van der Waals surface area (Å²) in [5.41, 5.74) is 9.30. The summed E-state index contributed by atoms with van der Waals surface area (Å²) in [5.74, 6) is 0.595. The third-order valence-corrected chi connectivity index (χ3v) is 3.08. The normalized spacial score (nSPS) is 10.3. The molecule has 0 aliphatic rings. The van der Waals surface area contributed by atoms with Crippen LogP contribution < -0.4 is 10.6 Å². The van der Waals surface area contributed by atoms with E-state index < -0.39 is 0 Å². The number of aryl methyl sites for hydroxylation is 2. The zero-order valence-electron chi connectivity index (χ0n) is 11.2. The molecule has 0 aliphatic heterocycles. The highest BCUT2D eigenvalue weighted by molar-refractivity contribution is 7.80. The molecule has 0 radical (unpaired) electrons. The molecule has 0 saturated heterocycles. The maximum absolute atomic E-state index is 5.64. The summed E-state index contributed by atoms with van der Waals surface area (Å²) in [4.78, 5) is 11.0. The Morgan fingerprint density at radius 3 is 2.53 bits per heavy atom. The van der Waals surface area contributed by atoms with E-state index in [1.807, 2.05) is 37.1 Å². The van der Waals surface area contributed by atoms with Gasteiger partial charge in [-0.25, -0.2) is 9.97 Å². The van der Waals surface area contributed by atoms with Gasteiger partial charge in [0.2, 0.25) is 5.95 Å². The number of aromatic nitrogens is 2. The fourth-order valence-corrected chi connectivity index (χ4v) is 1.98. The number of anilines is 2. The number of hydrogen-bond acceptors (Lipinski definition) is 4. The number of benzene rings is 1. The molecule has 0 bridgehead atoms. The zero-order chi connectivity index (χ0) is 14.0. The summed E-state index contributed by atoms with van der Waals surface area (Å²) in [6.45, 7) is 3.95. The molecular weight excluding hydrogens is 256 g/mol. The number of hydrogen-bond donors (Lipinski definition) is 1. The molecular formula is C14H16N4S. The lowest BCUT2D eigenvalue weighted by Crippen LogP contribution is -2.19. The van der Waals surface area contributed by atoms with Gasteiger partial charge in [0.05, 0.1) is 0 Å². The van der Waals surface area contributed by atoms with E-state index in [4.69, 9.17) is 18.0 Å². The highest BCUT2D eigenvalue weighted by atomic mass is 32.1. The first-order chi connectivity index (χ1) is 8.99. The second kappa shape index (κ2) is 5.32. The molecule has 0 fully saturated rings. The second-order valence-corrected chi connectivity index (χ2v) is 4.84. The van der Waals surface area contributed by atoms with Crippen molar-refractivity contribution in [3.8, 4) is 0 Å². The van der Waals surface area contributed by atoms with Crippen molar-refractivity contribution in [1.29, 1.82) is 0 Å². The molecule has 1 heterocycles. The molecule has 98 valence electrons. The van der Waals surface area contributed by atoms with Gasteiger partial charge in [0.15, 0.2) is 0 Å². The van der Waals surface area contributed by atoms with Crippen LogP contribution in [-0.2, 0) is 0 Å². The maximum atomic E-state index is 5.64. The van der Waals surface area contributed by atoms with E-state index >= 15 is 0 Å². The lowest BCUT2D eigenvalue weighted by Gasteiger charge is -2.20. The van der Waals surface area contributed by atoms with Crippen molar-refractivity contribution in [2.75, 3.05) is 11.9 Å². The van der Waals surface area contributed by atoms with Crippen molar-refractivity contribution in [3.63, 3.8) is 0 Å². The molecule has 4 nitrogen and oxygen atoms in total. The Hall–Kier alpha value is -2.01. The number of thiocarbonyl (C=S) groups is 1. The first kappa shape index (κ1) is 13.4. The van der Waals surface area contributed by atoms with Crippen LogP contribution in [0.2, 0.25) is 0 Å². The molecule has 0 saturated carbocycles. The molecule has 2 rings (SSSR count). The number of nitrogens with zero attached hydrogens (tertiary/aromatic N) is 3. The van der Waals surface area contributed by atoms with Gasteiger partial charge in [0.1, 0.15) is 10.7 Å². The summed E-state index contributed by atoms with van der Waals surface area (Å²) in [6.07, 6.45) is 0. The Labute approximate surface area is 118 Å². The Morgan fingerprint density at radius 2 is 1.89 bits per heavy atom. The zero-order valence-corrected chi connectivity index (χ0v) is 12.0. The van der Waals surface area contributed by atoms with Crippen molar-refractivity contribution in [1.82, 2.24) is 9.97 Å². The highest BCUT2D eigenvalue weighted by Gasteiger charge is 2.11. The van der Waals surface area contributed by atoms with Gasteiger partial charge in [0.25, 0.3) is 0 Å². The van der Waals surface area contributed by atoms with Crippen LogP contribution in [0.4, 0.5) is 11.6 Å². The van der Waals surface area contributed by atoms with Crippen molar-refractivity contribution in [2.45, 2.75) is 13.8 Å². The molecule has 1 aromatic carbocycles. The average Bonchev–Trinajstić information content (AvgIpc) is 2.37. The summed E-state index contributed by atoms with van der Waals surface area (Å²) in [5, 5.41) is 0. The third kappa shape index (κ3) is 2.88. The van der Waals surface area contributed by atoms with E-state index in [2.05, 4.69) is 23.0 Å². The molecule has 2 N–H and O–H groups in total. The molecule has 1 aromatic heterocycles. The van der Waals surface area contributed by atoms with Crippen molar-refractivity contribution in [2.24, 2.45) is 5.73 Å². The Kier molecular flexibility index (Phi) is 3.76. The summed E-state index contributed by atoms with van der Waals surface area (Å²) in [7, 11) is 1.93. The summed E-state index contributed by atoms with van der Waals surface area (Å²) < 4.78 is 0. The van der Waals surface area contributed by atoms with E-state index in [9.17, 15) is 0 Å². The predicted octanol–water partition coefficient (Wildman–Crippen LogP) is 2.50. The largest absolute Gasteiger partial charge is 0.388 e. The predicted molar refractivity (Wildman–Crippen MR) is 81.9 cm³/mol. The van der Waals surface area contributed by atoms with Gasteiger partial charge >= 0.3 is 0 Å². The third-order valence-electron chi connectivity index (χ3n) is 2.87. The first-order valence-corrected chi connectivity index (χ1v) is 6.34. The van der Waals surface area contributed by atoms with Crippen LogP contribution in [0.5, 0.6) is 0 Å². The summed E-state index contributed by atoms with van der Waals surface area (Å²) >= 11 is 4.98. The maximum Gasteiger partial charge on any atom is 0.230 e. The average molecular weight is 272 g/mol. The van der Waals surface area contributed by atoms with Gasteiger partial charge in [0, 0.05) is 18.4 Å². The second-order valence-electron chi connectivity index (χ2n) is 4.40. The minimum absolute atomic E-state index is 0.282. The lowest BCUT2D eigenvalue weighted by molar-refractivity contribution is 1.00. The Balaban J connectivity index is 2.47. The van der Waals surface area contributed by atoms with Crippen LogP contribution in [0, 0.1) is 13.8 Å². The van der Waals surface area contributed by atoms with E-state index in [1.165, 1.54) is 0 Å². The lowest BCUT2D eigenvalue weighted by atomic mass is 10.2. The van der Waals surface area contributed by atoms with Crippen LogP contribution >= 0.6 is 12.2 Å². The molecule has 0 atom stereocenters. The Bertz CT molecular complexity index is 625. The number of nitrogens with two attached hydrogens (primary N) is 1. The molecule has 0 spiro atoms. The standard InChI is InChI=1S/C14H16N4S/c1-9-6-4-5-7-12(9)18(3)14-16-10(2)8-11(17-14)13(15)19/h4-8H,1-3H3,(H2,15,19). The minimum atomic E-state index is 0.282. The molecule has 0 aliphatic carbocycles. The number of rotatable bonds is 3. The van der Waals surface area contributed by atoms with Gasteiger partial charge in [-0.2, -0.15) is 0 Å². The number of para-hydroxylation sites is 1. The van der Waals surface area contributed by atoms with E-state index in [-0.39, 0.29) is 4.99 Å². The van der Waals surface area contributed by atoms with Crippen molar-refractivity contribution >= 4 is 28.8 Å². The van der Waals surface area contributed by atoms with Crippen molar-refractivity contribution in [3.05, 3.63) is 47.3 Å². The Morgan fingerprint density at radius 1 is 1.21 bits per heavy atom. The van der Waals surface area contributed by atoms with Gasteiger partial charge in [-0.3, -0.25) is 0 Å². The minimum Gasteiger partial charge on any atom is -0.388 e. The van der Waals surface area contributed by atoms with Gasteiger partial charge in [-0.05, 0) is 31.5 Å². The SMILES string of the molecule is Cc1cc(C(N)=S)nc(N(C)c2ccccc2C)n1. The van der Waals surface area contributed by atoms with Gasteiger partial charge in [-0.15, -0.1) is 0 Å². The van der Waals surface area contributed by atoms with E-state index in [0.29, 0.717) is 11.6 Å². The van der Waals surface area contributed by atoms with Crippen LogP contribution in [0.25, 0.3) is 0 Å². The molecule has 2 aromatic rings. The smallest absolute Gasteiger partial charge is 0.230 e. The van der Waals surface area contributed by atoms with Crippen LogP contribution in [0.1, 0.15) is 17.0 Å².